The summed E-state index contributed by atoms with van der Waals surface area (Å²) in [4.78, 5) is 24.9. The molecule has 2 aromatic rings. The number of hydrogen-bond acceptors (Lipinski definition) is 3. The summed E-state index contributed by atoms with van der Waals surface area (Å²) in [5, 5.41) is 2.66. The van der Waals surface area contributed by atoms with Gasteiger partial charge in [0, 0.05) is 25.2 Å². The van der Waals surface area contributed by atoms with E-state index in [1.165, 1.54) is 6.92 Å². The first-order valence-electron chi connectivity index (χ1n) is 6.22. The molecular formula is C15H16N2O3. The van der Waals surface area contributed by atoms with Crippen molar-refractivity contribution in [2.45, 2.75) is 13.5 Å². The van der Waals surface area contributed by atoms with Gasteiger partial charge in [0.05, 0.1) is 12.8 Å². The zero-order valence-corrected chi connectivity index (χ0v) is 11.4. The van der Waals surface area contributed by atoms with Crippen LogP contribution in [0.2, 0.25) is 0 Å². The Morgan fingerprint density at radius 1 is 1.25 bits per heavy atom. The zero-order chi connectivity index (χ0) is 14.5. The van der Waals surface area contributed by atoms with Gasteiger partial charge in [-0.3, -0.25) is 9.59 Å². The Hall–Kier alpha value is -2.56. The average Bonchev–Trinajstić information content (AvgIpc) is 2.90. The minimum Gasteiger partial charge on any atom is -0.467 e. The predicted molar refractivity (Wildman–Crippen MR) is 75.3 cm³/mol. The van der Waals surface area contributed by atoms with Crippen molar-refractivity contribution in [3.05, 3.63) is 54.0 Å². The maximum Gasteiger partial charge on any atom is 0.254 e. The Labute approximate surface area is 117 Å². The molecular weight excluding hydrogens is 256 g/mol. The van der Waals surface area contributed by atoms with E-state index >= 15 is 0 Å². The molecule has 0 spiro atoms. The van der Waals surface area contributed by atoms with E-state index in [9.17, 15) is 9.59 Å². The van der Waals surface area contributed by atoms with Gasteiger partial charge in [-0.25, -0.2) is 0 Å². The minimum absolute atomic E-state index is 0.131. The molecule has 1 N–H and O–H groups in total. The molecule has 0 saturated carbocycles. The van der Waals surface area contributed by atoms with Crippen molar-refractivity contribution in [2.75, 3.05) is 12.4 Å². The standard InChI is InChI=1S/C15H16N2O3/c1-11(18)16-13-6-3-5-12(9-13)15(19)17(2)10-14-7-4-8-20-14/h3-9H,10H2,1-2H3,(H,16,18). The number of amides is 2. The first kappa shape index (κ1) is 13.9. The van der Waals surface area contributed by atoms with Gasteiger partial charge in [-0.1, -0.05) is 6.07 Å². The Bertz CT molecular complexity index is 605. The molecule has 2 amide bonds. The summed E-state index contributed by atoms with van der Waals surface area (Å²) in [6.45, 7) is 1.83. The van der Waals surface area contributed by atoms with Crippen molar-refractivity contribution in [3.63, 3.8) is 0 Å². The Kier molecular flexibility index (Phi) is 4.20. The number of carbonyl (C=O) groups is 2. The van der Waals surface area contributed by atoms with Crippen LogP contribution in [0.25, 0.3) is 0 Å². The number of benzene rings is 1. The molecule has 0 aliphatic carbocycles. The average molecular weight is 272 g/mol. The van der Waals surface area contributed by atoms with Crippen molar-refractivity contribution in [2.24, 2.45) is 0 Å². The summed E-state index contributed by atoms with van der Waals surface area (Å²) >= 11 is 0. The van der Waals surface area contributed by atoms with Crippen LogP contribution >= 0.6 is 0 Å². The molecule has 1 aromatic heterocycles. The molecule has 20 heavy (non-hydrogen) atoms. The monoisotopic (exact) mass is 272 g/mol. The van der Waals surface area contributed by atoms with Gasteiger partial charge >= 0.3 is 0 Å². The third kappa shape index (κ3) is 3.47. The van der Waals surface area contributed by atoms with Crippen molar-refractivity contribution < 1.29 is 14.0 Å². The number of rotatable bonds is 4. The lowest BCUT2D eigenvalue weighted by Gasteiger charge is -2.16. The molecule has 2 rings (SSSR count). The first-order valence-corrected chi connectivity index (χ1v) is 6.22. The van der Waals surface area contributed by atoms with Gasteiger partial charge in [-0.2, -0.15) is 0 Å². The van der Waals surface area contributed by atoms with Gasteiger partial charge in [0.1, 0.15) is 5.76 Å². The van der Waals surface area contributed by atoms with Crippen LogP contribution in [0.15, 0.2) is 47.1 Å². The van der Waals surface area contributed by atoms with Crippen LogP contribution in [-0.2, 0) is 11.3 Å². The third-order valence-electron chi connectivity index (χ3n) is 2.75. The maximum absolute atomic E-state index is 12.3. The smallest absolute Gasteiger partial charge is 0.254 e. The number of nitrogens with one attached hydrogen (secondary N) is 1. The highest BCUT2D eigenvalue weighted by molar-refractivity contribution is 5.96. The summed E-state index contributed by atoms with van der Waals surface area (Å²) in [7, 11) is 1.70. The van der Waals surface area contributed by atoms with E-state index in [-0.39, 0.29) is 11.8 Å². The summed E-state index contributed by atoms with van der Waals surface area (Å²) in [5.41, 5.74) is 1.13. The van der Waals surface area contributed by atoms with Gasteiger partial charge in [0.15, 0.2) is 0 Å². The van der Waals surface area contributed by atoms with E-state index < -0.39 is 0 Å². The zero-order valence-electron chi connectivity index (χ0n) is 11.4. The first-order chi connectivity index (χ1) is 9.56. The lowest BCUT2D eigenvalue weighted by molar-refractivity contribution is -0.114. The van der Waals surface area contributed by atoms with E-state index in [4.69, 9.17) is 4.42 Å². The molecule has 5 heteroatoms. The fourth-order valence-corrected chi connectivity index (χ4v) is 1.86. The van der Waals surface area contributed by atoms with Crippen molar-refractivity contribution >= 4 is 17.5 Å². The fraction of sp³-hybridized carbons (Fsp3) is 0.200. The van der Waals surface area contributed by atoms with Crippen LogP contribution in [0.5, 0.6) is 0 Å². The number of carbonyl (C=O) groups excluding carboxylic acids is 2. The second kappa shape index (κ2) is 6.06. The lowest BCUT2D eigenvalue weighted by Crippen LogP contribution is -2.26. The lowest BCUT2D eigenvalue weighted by atomic mass is 10.1. The second-order valence-electron chi connectivity index (χ2n) is 4.50. The Morgan fingerprint density at radius 2 is 2.05 bits per heavy atom. The molecule has 0 atom stereocenters. The SMILES string of the molecule is CC(=O)Nc1cccc(C(=O)N(C)Cc2ccco2)c1. The van der Waals surface area contributed by atoms with Gasteiger partial charge in [0.25, 0.3) is 5.91 Å². The quantitative estimate of drug-likeness (QED) is 0.930. The highest BCUT2D eigenvalue weighted by atomic mass is 16.3. The molecule has 0 radical (unpaired) electrons. The minimum atomic E-state index is -0.168. The highest BCUT2D eigenvalue weighted by Crippen LogP contribution is 2.14. The molecule has 0 fully saturated rings. The van der Waals surface area contributed by atoms with E-state index in [0.717, 1.165) is 5.76 Å². The van der Waals surface area contributed by atoms with Gasteiger partial charge in [-0.15, -0.1) is 0 Å². The molecule has 5 nitrogen and oxygen atoms in total. The van der Waals surface area contributed by atoms with Gasteiger partial charge < -0.3 is 14.6 Å². The maximum atomic E-state index is 12.3. The highest BCUT2D eigenvalue weighted by Gasteiger charge is 2.13. The molecule has 0 aliphatic heterocycles. The molecule has 0 bridgehead atoms. The van der Waals surface area contributed by atoms with Gasteiger partial charge in [0.2, 0.25) is 5.91 Å². The normalized spacial score (nSPS) is 10.1. The number of nitrogens with zero attached hydrogens (tertiary/aromatic N) is 1. The number of anilines is 1. The summed E-state index contributed by atoms with van der Waals surface area (Å²) in [6.07, 6.45) is 1.57. The van der Waals surface area contributed by atoms with Gasteiger partial charge in [-0.05, 0) is 30.3 Å². The Balaban J connectivity index is 2.10. The largest absolute Gasteiger partial charge is 0.467 e. The topological polar surface area (TPSA) is 62.6 Å². The van der Waals surface area contributed by atoms with Crippen molar-refractivity contribution in [1.29, 1.82) is 0 Å². The van der Waals surface area contributed by atoms with Crippen LogP contribution in [0.3, 0.4) is 0 Å². The third-order valence-corrected chi connectivity index (χ3v) is 2.75. The van der Waals surface area contributed by atoms with Crippen molar-refractivity contribution in [3.8, 4) is 0 Å². The van der Waals surface area contributed by atoms with Crippen molar-refractivity contribution in [1.82, 2.24) is 4.90 Å². The number of hydrogen-bond donors (Lipinski definition) is 1. The van der Waals surface area contributed by atoms with Crippen LogP contribution in [0.1, 0.15) is 23.0 Å². The van der Waals surface area contributed by atoms with E-state index in [2.05, 4.69) is 5.32 Å². The molecule has 0 aliphatic rings. The molecule has 0 saturated heterocycles. The molecule has 104 valence electrons. The van der Waals surface area contributed by atoms with E-state index in [1.54, 1.807) is 48.5 Å². The molecule has 1 heterocycles. The van der Waals surface area contributed by atoms with Crippen LogP contribution < -0.4 is 5.32 Å². The van der Waals surface area contributed by atoms with E-state index in [0.29, 0.717) is 17.8 Å². The van der Waals surface area contributed by atoms with Crippen LogP contribution in [0.4, 0.5) is 5.69 Å². The fourth-order valence-electron chi connectivity index (χ4n) is 1.86. The summed E-state index contributed by atoms with van der Waals surface area (Å²) in [5.74, 6) is 0.422. The molecule has 1 aromatic carbocycles. The number of furan rings is 1. The Morgan fingerprint density at radius 3 is 2.70 bits per heavy atom. The van der Waals surface area contributed by atoms with Crippen LogP contribution in [-0.4, -0.2) is 23.8 Å². The van der Waals surface area contributed by atoms with E-state index in [1.807, 2.05) is 6.07 Å². The molecule has 0 unspecified atom stereocenters. The summed E-state index contributed by atoms with van der Waals surface area (Å²) < 4.78 is 5.22. The second-order valence-corrected chi connectivity index (χ2v) is 4.50. The predicted octanol–water partition coefficient (Wildman–Crippen LogP) is 2.51. The summed E-state index contributed by atoms with van der Waals surface area (Å²) in [6, 6.07) is 10.4. The van der Waals surface area contributed by atoms with Crippen LogP contribution in [0, 0.1) is 0 Å².